The molecule has 3 rings (SSSR count). The largest absolute Gasteiger partial charge is 0.310 e. The Hall–Kier alpha value is -0.840. The Morgan fingerprint density at radius 2 is 2.05 bits per heavy atom. The third-order valence-electron chi connectivity index (χ3n) is 3.20. The molecule has 2 aromatic carbocycles. The summed E-state index contributed by atoms with van der Waals surface area (Å²) in [5, 5.41) is 3.45. The van der Waals surface area contributed by atoms with Crippen LogP contribution in [0.1, 0.15) is 18.4 Å². The van der Waals surface area contributed by atoms with Crippen LogP contribution in [0.4, 0.5) is 4.39 Å². The summed E-state index contributed by atoms with van der Waals surface area (Å²) < 4.78 is 14.5. The molecule has 2 aromatic rings. The summed E-state index contributed by atoms with van der Waals surface area (Å²) in [6.45, 7) is 0.735. The summed E-state index contributed by atoms with van der Waals surface area (Å²) in [6.07, 6.45) is 2.48. The number of rotatable bonds is 5. The fourth-order valence-electron chi connectivity index (χ4n) is 1.98. The average molecular weight is 352 g/mol. The van der Waals surface area contributed by atoms with Crippen LogP contribution in [0.15, 0.2) is 56.7 Å². The Labute approximate surface area is 131 Å². The van der Waals surface area contributed by atoms with E-state index in [0.717, 1.165) is 26.4 Å². The SMILES string of the molecule is Fc1ccc(Sc2cccc(Br)c2)c(CNC2CC2)c1. The Kier molecular flexibility index (Phi) is 4.44. The van der Waals surface area contributed by atoms with E-state index in [1.54, 1.807) is 17.8 Å². The van der Waals surface area contributed by atoms with Crippen molar-refractivity contribution >= 4 is 27.7 Å². The molecule has 1 fully saturated rings. The van der Waals surface area contributed by atoms with Crippen molar-refractivity contribution in [3.05, 3.63) is 58.3 Å². The third-order valence-corrected chi connectivity index (χ3v) is 4.81. The van der Waals surface area contributed by atoms with E-state index in [2.05, 4.69) is 33.4 Å². The molecule has 104 valence electrons. The minimum Gasteiger partial charge on any atom is -0.310 e. The van der Waals surface area contributed by atoms with Crippen LogP contribution < -0.4 is 5.32 Å². The zero-order valence-electron chi connectivity index (χ0n) is 10.9. The van der Waals surface area contributed by atoms with E-state index in [-0.39, 0.29) is 5.82 Å². The lowest BCUT2D eigenvalue weighted by Crippen LogP contribution is -2.15. The van der Waals surface area contributed by atoms with Gasteiger partial charge in [0.1, 0.15) is 5.82 Å². The lowest BCUT2D eigenvalue weighted by atomic mass is 10.2. The van der Waals surface area contributed by atoms with E-state index in [1.165, 1.54) is 18.9 Å². The Morgan fingerprint density at radius 1 is 1.20 bits per heavy atom. The molecule has 0 bridgehead atoms. The van der Waals surface area contributed by atoms with E-state index in [1.807, 2.05) is 18.2 Å². The molecule has 4 heteroatoms. The molecule has 0 spiro atoms. The van der Waals surface area contributed by atoms with Gasteiger partial charge in [-0.1, -0.05) is 33.8 Å². The smallest absolute Gasteiger partial charge is 0.123 e. The molecule has 0 atom stereocenters. The summed E-state index contributed by atoms with van der Waals surface area (Å²) in [7, 11) is 0. The van der Waals surface area contributed by atoms with E-state index >= 15 is 0 Å². The topological polar surface area (TPSA) is 12.0 Å². The molecule has 0 unspecified atom stereocenters. The maximum atomic E-state index is 13.4. The van der Waals surface area contributed by atoms with Gasteiger partial charge >= 0.3 is 0 Å². The molecule has 0 heterocycles. The Balaban J connectivity index is 1.79. The van der Waals surface area contributed by atoms with Crippen LogP contribution in [-0.2, 0) is 6.54 Å². The molecule has 1 N–H and O–H groups in total. The van der Waals surface area contributed by atoms with Gasteiger partial charge in [-0.3, -0.25) is 0 Å². The second kappa shape index (κ2) is 6.29. The van der Waals surface area contributed by atoms with Crippen molar-refractivity contribution in [1.29, 1.82) is 0 Å². The number of hydrogen-bond donors (Lipinski definition) is 1. The van der Waals surface area contributed by atoms with Gasteiger partial charge in [0.15, 0.2) is 0 Å². The molecular formula is C16H15BrFNS. The number of halogens is 2. The predicted octanol–water partition coefficient (Wildman–Crippen LogP) is 4.99. The molecule has 1 aliphatic rings. The monoisotopic (exact) mass is 351 g/mol. The fourth-order valence-corrected chi connectivity index (χ4v) is 3.52. The standard InChI is InChI=1S/C16H15BrFNS/c17-12-2-1-3-15(9-12)20-16-7-4-13(18)8-11(16)10-19-14-5-6-14/h1-4,7-9,14,19H,5-6,10H2. The minimum atomic E-state index is -0.170. The highest BCUT2D eigenvalue weighted by Gasteiger charge is 2.20. The van der Waals surface area contributed by atoms with Crippen molar-refractivity contribution in [1.82, 2.24) is 5.32 Å². The van der Waals surface area contributed by atoms with E-state index in [9.17, 15) is 4.39 Å². The summed E-state index contributed by atoms with van der Waals surface area (Å²) in [5.41, 5.74) is 1.03. The first-order chi connectivity index (χ1) is 9.70. The first-order valence-corrected chi connectivity index (χ1v) is 8.27. The number of hydrogen-bond acceptors (Lipinski definition) is 2. The quantitative estimate of drug-likeness (QED) is 0.814. The maximum Gasteiger partial charge on any atom is 0.123 e. The van der Waals surface area contributed by atoms with Crippen molar-refractivity contribution in [2.75, 3.05) is 0 Å². The number of benzene rings is 2. The van der Waals surface area contributed by atoms with Gasteiger partial charge in [-0.25, -0.2) is 4.39 Å². The lowest BCUT2D eigenvalue weighted by Gasteiger charge is -2.10. The summed E-state index contributed by atoms with van der Waals surface area (Å²) in [4.78, 5) is 2.26. The molecule has 1 aliphatic carbocycles. The van der Waals surface area contributed by atoms with Crippen LogP contribution in [0.3, 0.4) is 0 Å². The van der Waals surface area contributed by atoms with Gasteiger partial charge < -0.3 is 5.32 Å². The van der Waals surface area contributed by atoms with E-state index in [4.69, 9.17) is 0 Å². The van der Waals surface area contributed by atoms with Crippen LogP contribution in [0.2, 0.25) is 0 Å². The van der Waals surface area contributed by atoms with Gasteiger partial charge in [0.05, 0.1) is 0 Å². The van der Waals surface area contributed by atoms with Gasteiger partial charge in [-0.05, 0) is 54.8 Å². The zero-order valence-corrected chi connectivity index (χ0v) is 13.3. The first-order valence-electron chi connectivity index (χ1n) is 6.66. The normalized spacial score (nSPS) is 14.5. The minimum absolute atomic E-state index is 0.170. The molecule has 0 saturated heterocycles. The van der Waals surface area contributed by atoms with Crippen LogP contribution in [0.25, 0.3) is 0 Å². The van der Waals surface area contributed by atoms with Crippen molar-refractivity contribution in [3.8, 4) is 0 Å². The van der Waals surface area contributed by atoms with E-state index in [0.29, 0.717) is 6.04 Å². The third kappa shape index (κ3) is 3.84. The van der Waals surface area contributed by atoms with E-state index < -0.39 is 0 Å². The molecule has 0 amide bonds. The van der Waals surface area contributed by atoms with Gasteiger partial charge in [0, 0.05) is 26.9 Å². The molecule has 0 radical (unpaired) electrons. The maximum absolute atomic E-state index is 13.4. The van der Waals surface area contributed by atoms with Crippen molar-refractivity contribution in [2.24, 2.45) is 0 Å². The highest BCUT2D eigenvalue weighted by atomic mass is 79.9. The predicted molar refractivity (Wildman–Crippen MR) is 84.5 cm³/mol. The Bertz CT molecular complexity index is 613. The second-order valence-electron chi connectivity index (χ2n) is 4.97. The first kappa shape index (κ1) is 14.1. The summed E-state index contributed by atoms with van der Waals surface area (Å²) in [5.74, 6) is -0.170. The van der Waals surface area contributed by atoms with Gasteiger partial charge in [0.25, 0.3) is 0 Å². The fraction of sp³-hybridized carbons (Fsp3) is 0.250. The molecular weight excluding hydrogens is 337 g/mol. The van der Waals surface area contributed by atoms with Gasteiger partial charge in [-0.15, -0.1) is 0 Å². The zero-order chi connectivity index (χ0) is 13.9. The van der Waals surface area contributed by atoms with Gasteiger partial charge in [-0.2, -0.15) is 0 Å². The molecule has 1 saturated carbocycles. The highest BCUT2D eigenvalue weighted by Crippen LogP contribution is 2.32. The highest BCUT2D eigenvalue weighted by molar-refractivity contribution is 9.10. The number of nitrogens with one attached hydrogen (secondary N) is 1. The van der Waals surface area contributed by atoms with Crippen molar-refractivity contribution in [3.63, 3.8) is 0 Å². The summed E-state index contributed by atoms with van der Waals surface area (Å²) >= 11 is 5.15. The molecule has 1 nitrogen and oxygen atoms in total. The van der Waals surface area contributed by atoms with Crippen LogP contribution in [-0.4, -0.2) is 6.04 Å². The Morgan fingerprint density at radius 3 is 2.80 bits per heavy atom. The van der Waals surface area contributed by atoms with Crippen molar-refractivity contribution in [2.45, 2.75) is 35.2 Å². The average Bonchev–Trinajstić information content (AvgIpc) is 3.23. The van der Waals surface area contributed by atoms with Crippen LogP contribution >= 0.6 is 27.7 Å². The second-order valence-corrected chi connectivity index (χ2v) is 7.00. The van der Waals surface area contributed by atoms with Gasteiger partial charge in [0.2, 0.25) is 0 Å². The summed E-state index contributed by atoms with van der Waals surface area (Å²) in [6, 6.07) is 13.8. The van der Waals surface area contributed by atoms with Crippen molar-refractivity contribution < 1.29 is 4.39 Å². The van der Waals surface area contributed by atoms with Crippen LogP contribution in [0, 0.1) is 5.82 Å². The van der Waals surface area contributed by atoms with Crippen LogP contribution in [0.5, 0.6) is 0 Å². The molecule has 0 aliphatic heterocycles. The molecule has 0 aromatic heterocycles. The lowest BCUT2D eigenvalue weighted by molar-refractivity contribution is 0.616. The molecule has 20 heavy (non-hydrogen) atoms.